The second-order valence-corrected chi connectivity index (χ2v) is 3.85. The first-order chi connectivity index (χ1) is 8.99. The van der Waals surface area contributed by atoms with Crippen LogP contribution in [0.2, 0.25) is 0 Å². The number of amides is 2. The van der Waals surface area contributed by atoms with E-state index < -0.39 is 12.3 Å². The largest absolute Gasteiger partial charge is 0.339 e. The SMILES string of the molecule is CCN(CC)C(=O)c1cccc(NC(=O)C(F)F)c1. The maximum Gasteiger partial charge on any atom is 0.315 e. The Morgan fingerprint density at radius 2 is 1.89 bits per heavy atom. The van der Waals surface area contributed by atoms with Crippen molar-refractivity contribution in [3.05, 3.63) is 29.8 Å². The quantitative estimate of drug-likeness (QED) is 0.893. The molecule has 0 aliphatic carbocycles. The fourth-order valence-electron chi connectivity index (χ4n) is 1.62. The van der Waals surface area contributed by atoms with Gasteiger partial charge in [-0.05, 0) is 32.0 Å². The summed E-state index contributed by atoms with van der Waals surface area (Å²) in [5, 5.41) is 2.05. The summed E-state index contributed by atoms with van der Waals surface area (Å²) >= 11 is 0. The number of benzene rings is 1. The van der Waals surface area contributed by atoms with Crippen LogP contribution in [0.15, 0.2) is 24.3 Å². The van der Waals surface area contributed by atoms with Gasteiger partial charge in [-0.1, -0.05) is 6.07 Å². The van der Waals surface area contributed by atoms with Gasteiger partial charge < -0.3 is 10.2 Å². The Morgan fingerprint density at radius 3 is 2.42 bits per heavy atom. The molecule has 1 rings (SSSR count). The summed E-state index contributed by atoms with van der Waals surface area (Å²) in [5.41, 5.74) is 0.541. The first-order valence-corrected chi connectivity index (χ1v) is 5.98. The molecular formula is C13H16F2N2O2. The summed E-state index contributed by atoms with van der Waals surface area (Å²) < 4.78 is 24.2. The van der Waals surface area contributed by atoms with Gasteiger partial charge in [-0.15, -0.1) is 0 Å². The van der Waals surface area contributed by atoms with E-state index in [4.69, 9.17) is 0 Å². The lowest BCUT2D eigenvalue weighted by atomic mass is 10.1. The predicted octanol–water partition coefficient (Wildman–Crippen LogP) is 2.37. The number of rotatable bonds is 5. The van der Waals surface area contributed by atoms with Crippen LogP contribution in [0, 0.1) is 0 Å². The fraction of sp³-hybridized carbons (Fsp3) is 0.385. The monoisotopic (exact) mass is 270 g/mol. The number of alkyl halides is 2. The highest BCUT2D eigenvalue weighted by Gasteiger charge is 2.16. The number of hydrogen-bond donors (Lipinski definition) is 1. The fourth-order valence-corrected chi connectivity index (χ4v) is 1.62. The maximum absolute atomic E-state index is 12.1. The summed E-state index contributed by atoms with van der Waals surface area (Å²) in [5.74, 6) is -1.58. The molecule has 1 N–H and O–H groups in total. The Morgan fingerprint density at radius 1 is 1.26 bits per heavy atom. The van der Waals surface area contributed by atoms with Crippen LogP contribution in [-0.4, -0.2) is 36.2 Å². The number of carbonyl (C=O) groups is 2. The van der Waals surface area contributed by atoms with Crippen LogP contribution in [0.5, 0.6) is 0 Å². The molecule has 2 amide bonds. The second kappa shape index (κ2) is 6.82. The summed E-state index contributed by atoms with van der Waals surface area (Å²) in [4.78, 5) is 24.5. The lowest BCUT2D eigenvalue weighted by Crippen LogP contribution is -2.30. The van der Waals surface area contributed by atoms with Gasteiger partial charge in [0.15, 0.2) is 0 Å². The third-order valence-electron chi connectivity index (χ3n) is 2.63. The van der Waals surface area contributed by atoms with Crippen LogP contribution in [-0.2, 0) is 4.79 Å². The van der Waals surface area contributed by atoms with Gasteiger partial charge in [0.1, 0.15) is 0 Å². The summed E-state index contributed by atoms with van der Waals surface area (Å²) in [6.45, 7) is 4.82. The molecule has 0 spiro atoms. The molecule has 0 bridgehead atoms. The van der Waals surface area contributed by atoms with Gasteiger partial charge >= 0.3 is 6.43 Å². The molecule has 0 saturated carbocycles. The first-order valence-electron chi connectivity index (χ1n) is 5.98. The zero-order valence-corrected chi connectivity index (χ0v) is 10.8. The van der Waals surface area contributed by atoms with E-state index in [0.717, 1.165) is 0 Å². The normalized spacial score (nSPS) is 10.4. The Labute approximate surface area is 110 Å². The molecule has 0 fully saturated rings. The van der Waals surface area contributed by atoms with Crippen LogP contribution < -0.4 is 5.32 Å². The van der Waals surface area contributed by atoms with E-state index in [-0.39, 0.29) is 11.6 Å². The number of halogens is 2. The highest BCUT2D eigenvalue weighted by atomic mass is 19.3. The molecule has 4 nitrogen and oxygen atoms in total. The minimum absolute atomic E-state index is 0.184. The smallest absolute Gasteiger partial charge is 0.315 e. The topological polar surface area (TPSA) is 49.4 Å². The maximum atomic E-state index is 12.1. The van der Waals surface area contributed by atoms with Gasteiger partial charge in [0, 0.05) is 24.3 Å². The standard InChI is InChI=1S/C13H16F2N2O2/c1-3-17(4-2)13(19)9-6-5-7-10(8-9)16-12(18)11(14)15/h5-8,11H,3-4H2,1-2H3,(H,16,18). The number of nitrogens with zero attached hydrogens (tertiary/aromatic N) is 1. The van der Waals surface area contributed by atoms with Crippen molar-refractivity contribution in [3.63, 3.8) is 0 Å². The summed E-state index contributed by atoms with van der Waals surface area (Å²) in [7, 11) is 0. The highest BCUT2D eigenvalue weighted by molar-refractivity contribution is 5.97. The van der Waals surface area contributed by atoms with E-state index in [9.17, 15) is 18.4 Å². The van der Waals surface area contributed by atoms with E-state index in [1.54, 1.807) is 11.0 Å². The van der Waals surface area contributed by atoms with Gasteiger partial charge in [-0.3, -0.25) is 9.59 Å². The van der Waals surface area contributed by atoms with Crippen molar-refractivity contribution in [1.82, 2.24) is 4.90 Å². The number of carbonyl (C=O) groups excluding carboxylic acids is 2. The van der Waals surface area contributed by atoms with Crippen LogP contribution >= 0.6 is 0 Å². The highest BCUT2D eigenvalue weighted by Crippen LogP contribution is 2.13. The lowest BCUT2D eigenvalue weighted by Gasteiger charge is -2.18. The molecule has 0 aliphatic rings. The van der Waals surface area contributed by atoms with Crippen molar-refractivity contribution in [1.29, 1.82) is 0 Å². The molecular weight excluding hydrogens is 254 g/mol. The average Bonchev–Trinajstić information content (AvgIpc) is 2.40. The minimum Gasteiger partial charge on any atom is -0.339 e. The number of hydrogen-bond acceptors (Lipinski definition) is 2. The van der Waals surface area contributed by atoms with Gasteiger partial charge in [0.05, 0.1) is 0 Å². The Hall–Kier alpha value is -1.98. The van der Waals surface area contributed by atoms with Crippen LogP contribution in [0.1, 0.15) is 24.2 Å². The van der Waals surface area contributed by atoms with Crippen LogP contribution in [0.25, 0.3) is 0 Å². The molecule has 19 heavy (non-hydrogen) atoms. The molecule has 0 unspecified atom stereocenters. The summed E-state index contributed by atoms with van der Waals surface area (Å²) in [6.07, 6.45) is -3.08. The molecule has 0 aromatic heterocycles. The molecule has 0 aliphatic heterocycles. The lowest BCUT2D eigenvalue weighted by molar-refractivity contribution is -0.126. The molecule has 104 valence electrons. The predicted molar refractivity (Wildman–Crippen MR) is 68.3 cm³/mol. The molecule has 0 heterocycles. The van der Waals surface area contributed by atoms with Crippen molar-refractivity contribution in [2.45, 2.75) is 20.3 Å². The van der Waals surface area contributed by atoms with Crippen LogP contribution in [0.3, 0.4) is 0 Å². The van der Waals surface area contributed by atoms with Gasteiger partial charge in [0.25, 0.3) is 11.8 Å². The van der Waals surface area contributed by atoms with Crippen molar-refractivity contribution in [2.24, 2.45) is 0 Å². The zero-order chi connectivity index (χ0) is 14.4. The Bertz CT molecular complexity index is 460. The first kappa shape index (κ1) is 15.1. The van der Waals surface area contributed by atoms with Gasteiger partial charge in [0.2, 0.25) is 0 Å². The molecule has 1 aromatic rings. The molecule has 0 radical (unpaired) electrons. The number of nitrogens with one attached hydrogen (secondary N) is 1. The van der Waals surface area contributed by atoms with E-state index >= 15 is 0 Å². The Kier molecular flexibility index (Phi) is 5.41. The summed E-state index contributed by atoms with van der Waals surface area (Å²) in [6, 6.07) is 5.97. The molecule has 1 aromatic carbocycles. The van der Waals surface area contributed by atoms with Crippen LogP contribution in [0.4, 0.5) is 14.5 Å². The van der Waals surface area contributed by atoms with Crippen molar-refractivity contribution in [3.8, 4) is 0 Å². The van der Waals surface area contributed by atoms with E-state index in [0.29, 0.717) is 18.7 Å². The second-order valence-electron chi connectivity index (χ2n) is 3.85. The van der Waals surface area contributed by atoms with Gasteiger partial charge in [-0.2, -0.15) is 8.78 Å². The molecule has 0 saturated heterocycles. The van der Waals surface area contributed by atoms with Crippen molar-refractivity contribution in [2.75, 3.05) is 18.4 Å². The van der Waals surface area contributed by atoms with Gasteiger partial charge in [-0.25, -0.2) is 0 Å². The number of anilines is 1. The third-order valence-corrected chi connectivity index (χ3v) is 2.63. The minimum atomic E-state index is -3.08. The van der Waals surface area contributed by atoms with E-state index in [2.05, 4.69) is 5.32 Å². The average molecular weight is 270 g/mol. The van der Waals surface area contributed by atoms with Crippen molar-refractivity contribution < 1.29 is 18.4 Å². The third kappa shape index (κ3) is 4.01. The zero-order valence-electron chi connectivity index (χ0n) is 10.8. The Balaban J connectivity index is 2.88. The van der Waals surface area contributed by atoms with Crippen molar-refractivity contribution >= 4 is 17.5 Å². The van der Waals surface area contributed by atoms with E-state index in [1.807, 2.05) is 13.8 Å². The van der Waals surface area contributed by atoms with E-state index in [1.165, 1.54) is 18.2 Å². The molecule has 6 heteroatoms. The molecule has 0 atom stereocenters.